The summed E-state index contributed by atoms with van der Waals surface area (Å²) in [6, 6.07) is 20.6. The lowest BCUT2D eigenvalue weighted by molar-refractivity contribution is 0.306. The van der Waals surface area contributed by atoms with E-state index in [9.17, 15) is 4.79 Å². The van der Waals surface area contributed by atoms with Crippen molar-refractivity contribution in [1.29, 1.82) is 0 Å². The fourth-order valence-corrected chi connectivity index (χ4v) is 3.30. The Morgan fingerprint density at radius 2 is 1.82 bits per heavy atom. The highest BCUT2D eigenvalue weighted by molar-refractivity contribution is 9.10. The first-order valence-electron chi connectivity index (χ1n) is 8.76. The second kappa shape index (κ2) is 7.90. The summed E-state index contributed by atoms with van der Waals surface area (Å²) in [7, 11) is 0. The molecule has 1 heterocycles. The Bertz CT molecular complexity index is 1200. The minimum absolute atomic E-state index is 0.154. The van der Waals surface area contributed by atoms with E-state index in [1.165, 1.54) is 6.26 Å². The normalized spacial score (nSPS) is 10.8. The van der Waals surface area contributed by atoms with Gasteiger partial charge in [0.2, 0.25) is 11.2 Å². The first-order chi connectivity index (χ1) is 13.6. The Kier molecular flexibility index (Phi) is 5.17. The van der Waals surface area contributed by atoms with Gasteiger partial charge in [-0.1, -0.05) is 40.2 Å². The first-order valence-corrected chi connectivity index (χ1v) is 9.55. The predicted octanol–water partition coefficient (Wildman–Crippen LogP) is 6.24. The van der Waals surface area contributed by atoms with E-state index in [0.717, 1.165) is 15.6 Å². The van der Waals surface area contributed by atoms with Crippen LogP contribution in [0.25, 0.3) is 11.0 Å². The Labute approximate surface area is 170 Å². The van der Waals surface area contributed by atoms with Crippen LogP contribution in [0.2, 0.25) is 0 Å². The SMILES string of the molecule is Cc1cccc(Oc2coc3cc(OCc4cccc(Br)c4)ccc3c2=O)c1. The third kappa shape index (κ3) is 4.10. The van der Waals surface area contributed by atoms with Gasteiger partial charge in [-0.2, -0.15) is 0 Å². The third-order valence-electron chi connectivity index (χ3n) is 4.23. The maximum Gasteiger partial charge on any atom is 0.235 e. The zero-order chi connectivity index (χ0) is 19.5. The molecule has 0 radical (unpaired) electrons. The molecule has 0 aliphatic heterocycles. The monoisotopic (exact) mass is 436 g/mol. The molecule has 0 aliphatic carbocycles. The molecule has 1 aromatic heterocycles. The fourth-order valence-electron chi connectivity index (χ4n) is 2.85. The molecule has 140 valence electrons. The Morgan fingerprint density at radius 1 is 0.964 bits per heavy atom. The molecule has 0 saturated carbocycles. The van der Waals surface area contributed by atoms with E-state index in [1.807, 2.05) is 49.4 Å². The lowest BCUT2D eigenvalue weighted by Gasteiger charge is -2.09. The summed E-state index contributed by atoms with van der Waals surface area (Å²) in [5.41, 5.74) is 2.32. The van der Waals surface area contributed by atoms with Gasteiger partial charge in [0.05, 0.1) is 5.39 Å². The fraction of sp³-hybridized carbons (Fsp3) is 0.0870. The van der Waals surface area contributed by atoms with Gasteiger partial charge in [-0.3, -0.25) is 4.79 Å². The smallest absolute Gasteiger partial charge is 0.235 e. The molecule has 0 unspecified atom stereocenters. The molecule has 28 heavy (non-hydrogen) atoms. The van der Waals surface area contributed by atoms with Gasteiger partial charge in [0.1, 0.15) is 30.0 Å². The molecule has 0 amide bonds. The molecular formula is C23H17BrO4. The first kappa shape index (κ1) is 18.3. The van der Waals surface area contributed by atoms with E-state index in [-0.39, 0.29) is 11.2 Å². The minimum atomic E-state index is -0.221. The third-order valence-corrected chi connectivity index (χ3v) is 4.72. The number of hydrogen-bond donors (Lipinski definition) is 0. The molecule has 4 rings (SSSR count). The van der Waals surface area contributed by atoms with Gasteiger partial charge in [0, 0.05) is 10.5 Å². The van der Waals surface area contributed by atoms with Crippen LogP contribution in [-0.4, -0.2) is 0 Å². The Balaban J connectivity index is 1.56. The van der Waals surface area contributed by atoms with Crippen LogP contribution in [0.5, 0.6) is 17.2 Å². The summed E-state index contributed by atoms with van der Waals surface area (Å²) >= 11 is 3.45. The van der Waals surface area contributed by atoms with E-state index in [0.29, 0.717) is 29.1 Å². The molecule has 0 bridgehead atoms. The molecule has 5 heteroatoms. The summed E-state index contributed by atoms with van der Waals surface area (Å²) in [6.45, 7) is 2.38. The van der Waals surface area contributed by atoms with Crippen molar-refractivity contribution in [2.45, 2.75) is 13.5 Å². The van der Waals surface area contributed by atoms with Crippen molar-refractivity contribution in [3.8, 4) is 17.2 Å². The molecule has 3 aromatic carbocycles. The maximum atomic E-state index is 12.7. The van der Waals surface area contributed by atoms with Crippen LogP contribution in [0.1, 0.15) is 11.1 Å². The lowest BCUT2D eigenvalue weighted by atomic mass is 10.2. The van der Waals surface area contributed by atoms with Gasteiger partial charge in [0.25, 0.3) is 0 Å². The Hall–Kier alpha value is -3.05. The van der Waals surface area contributed by atoms with Crippen LogP contribution < -0.4 is 14.9 Å². The van der Waals surface area contributed by atoms with Crippen molar-refractivity contribution in [3.05, 3.63) is 98.8 Å². The number of hydrogen-bond acceptors (Lipinski definition) is 4. The van der Waals surface area contributed by atoms with Crippen molar-refractivity contribution < 1.29 is 13.9 Å². The number of rotatable bonds is 5. The molecule has 0 saturated heterocycles. The highest BCUT2D eigenvalue weighted by Gasteiger charge is 2.10. The molecule has 4 aromatic rings. The molecule has 4 nitrogen and oxygen atoms in total. The van der Waals surface area contributed by atoms with Crippen molar-refractivity contribution in [3.63, 3.8) is 0 Å². The lowest BCUT2D eigenvalue weighted by Crippen LogP contribution is -2.05. The average molecular weight is 437 g/mol. The van der Waals surface area contributed by atoms with Gasteiger partial charge in [-0.15, -0.1) is 0 Å². The zero-order valence-electron chi connectivity index (χ0n) is 15.1. The van der Waals surface area contributed by atoms with E-state index >= 15 is 0 Å². The summed E-state index contributed by atoms with van der Waals surface area (Å²) in [4.78, 5) is 12.7. The summed E-state index contributed by atoms with van der Waals surface area (Å²) in [5.74, 6) is 1.38. The van der Waals surface area contributed by atoms with E-state index in [4.69, 9.17) is 13.9 Å². The van der Waals surface area contributed by atoms with Crippen molar-refractivity contribution in [1.82, 2.24) is 0 Å². The van der Waals surface area contributed by atoms with Crippen LogP contribution in [0.15, 0.2) is 86.7 Å². The largest absolute Gasteiger partial charge is 0.489 e. The van der Waals surface area contributed by atoms with Gasteiger partial charge in [-0.25, -0.2) is 0 Å². The predicted molar refractivity (Wildman–Crippen MR) is 112 cm³/mol. The van der Waals surface area contributed by atoms with Gasteiger partial charge in [0.15, 0.2) is 0 Å². The van der Waals surface area contributed by atoms with Gasteiger partial charge in [-0.05, 0) is 54.4 Å². The van der Waals surface area contributed by atoms with Crippen LogP contribution >= 0.6 is 15.9 Å². The van der Waals surface area contributed by atoms with Crippen LogP contribution in [-0.2, 0) is 6.61 Å². The summed E-state index contributed by atoms with van der Waals surface area (Å²) in [6.07, 6.45) is 1.34. The van der Waals surface area contributed by atoms with Gasteiger partial charge >= 0.3 is 0 Å². The molecule has 0 spiro atoms. The van der Waals surface area contributed by atoms with E-state index < -0.39 is 0 Å². The molecule has 0 fully saturated rings. The molecule has 0 atom stereocenters. The average Bonchev–Trinajstić information content (AvgIpc) is 2.69. The number of benzene rings is 3. The summed E-state index contributed by atoms with van der Waals surface area (Å²) in [5, 5.41) is 0.444. The minimum Gasteiger partial charge on any atom is -0.489 e. The van der Waals surface area contributed by atoms with Crippen molar-refractivity contribution in [2.24, 2.45) is 0 Å². The highest BCUT2D eigenvalue weighted by atomic mass is 79.9. The van der Waals surface area contributed by atoms with Crippen molar-refractivity contribution in [2.75, 3.05) is 0 Å². The number of aryl methyl sites for hydroxylation is 1. The van der Waals surface area contributed by atoms with Gasteiger partial charge < -0.3 is 13.9 Å². The number of halogens is 1. The number of fused-ring (bicyclic) bond motifs is 1. The summed E-state index contributed by atoms with van der Waals surface area (Å²) < 4.78 is 18.1. The topological polar surface area (TPSA) is 48.7 Å². The van der Waals surface area contributed by atoms with Crippen molar-refractivity contribution >= 4 is 26.9 Å². The zero-order valence-corrected chi connectivity index (χ0v) is 16.7. The maximum absolute atomic E-state index is 12.7. The van der Waals surface area contributed by atoms with Crippen LogP contribution in [0.4, 0.5) is 0 Å². The molecule has 0 N–H and O–H groups in total. The van der Waals surface area contributed by atoms with Crippen LogP contribution in [0.3, 0.4) is 0 Å². The number of ether oxygens (including phenoxy) is 2. The molecular weight excluding hydrogens is 420 g/mol. The standard InChI is InChI=1S/C23H17BrO4/c1-15-4-2-7-19(10-15)28-22-14-27-21-12-18(8-9-20(21)23(22)25)26-13-16-5-3-6-17(24)11-16/h2-12,14H,13H2,1H3. The second-order valence-electron chi connectivity index (χ2n) is 6.42. The quantitative estimate of drug-likeness (QED) is 0.371. The Morgan fingerprint density at radius 3 is 2.64 bits per heavy atom. The second-order valence-corrected chi connectivity index (χ2v) is 7.34. The molecule has 0 aliphatic rings. The highest BCUT2D eigenvalue weighted by Crippen LogP contribution is 2.25. The van der Waals surface area contributed by atoms with E-state index in [2.05, 4.69) is 15.9 Å². The van der Waals surface area contributed by atoms with Crippen LogP contribution in [0, 0.1) is 6.92 Å². The van der Waals surface area contributed by atoms with E-state index in [1.54, 1.807) is 24.3 Å².